The first kappa shape index (κ1) is 13.7. The van der Waals surface area contributed by atoms with Gasteiger partial charge in [0.25, 0.3) is 0 Å². The average molecular weight is 281 g/mol. The van der Waals surface area contributed by atoms with Crippen LogP contribution in [0.1, 0.15) is 6.42 Å². The molecule has 2 aromatic rings. The Morgan fingerprint density at radius 1 is 0.842 bits per heavy atom. The fourth-order valence-electron chi connectivity index (χ4n) is 1.49. The molecule has 0 saturated heterocycles. The van der Waals surface area contributed by atoms with Crippen LogP contribution in [0.3, 0.4) is 0 Å². The van der Waals surface area contributed by atoms with Gasteiger partial charge in [0, 0.05) is 5.88 Å². The Hall–Kier alpha value is -1.74. The van der Waals surface area contributed by atoms with E-state index in [-0.39, 0.29) is 5.82 Å². The van der Waals surface area contributed by atoms with E-state index in [2.05, 4.69) is 0 Å². The van der Waals surface area contributed by atoms with Crippen LogP contribution in [-0.2, 0) is 0 Å². The Kier molecular flexibility index (Phi) is 5.04. The van der Waals surface area contributed by atoms with Gasteiger partial charge in [-0.15, -0.1) is 11.6 Å². The number of hydrogen-bond donors (Lipinski definition) is 0. The second-order valence-corrected chi connectivity index (χ2v) is 4.30. The van der Waals surface area contributed by atoms with Crippen LogP contribution in [0.2, 0.25) is 0 Å². The van der Waals surface area contributed by atoms with Gasteiger partial charge in [0.1, 0.15) is 23.1 Å². The van der Waals surface area contributed by atoms with Crippen LogP contribution in [0.25, 0.3) is 0 Å². The molecule has 0 saturated carbocycles. The first-order valence-electron chi connectivity index (χ1n) is 6.00. The van der Waals surface area contributed by atoms with Gasteiger partial charge < -0.3 is 9.47 Å². The molecule has 19 heavy (non-hydrogen) atoms. The minimum absolute atomic E-state index is 0.282. The predicted octanol–water partition coefficient (Wildman–Crippen LogP) is 4.63. The summed E-state index contributed by atoms with van der Waals surface area (Å²) >= 11 is 5.57. The highest BCUT2D eigenvalue weighted by atomic mass is 35.5. The average Bonchev–Trinajstić information content (AvgIpc) is 2.44. The second-order valence-electron chi connectivity index (χ2n) is 3.92. The van der Waals surface area contributed by atoms with Crippen LogP contribution in [0, 0.1) is 5.82 Å². The van der Waals surface area contributed by atoms with E-state index in [0.717, 1.165) is 12.2 Å². The van der Waals surface area contributed by atoms with Crippen molar-refractivity contribution in [1.82, 2.24) is 0 Å². The van der Waals surface area contributed by atoms with Crippen molar-refractivity contribution in [2.45, 2.75) is 6.42 Å². The number of halogens is 2. The highest BCUT2D eigenvalue weighted by Gasteiger charge is 1.99. The minimum atomic E-state index is -0.282. The van der Waals surface area contributed by atoms with E-state index in [4.69, 9.17) is 21.1 Å². The van der Waals surface area contributed by atoms with Crippen LogP contribution in [0.4, 0.5) is 4.39 Å². The summed E-state index contributed by atoms with van der Waals surface area (Å²) in [5.41, 5.74) is 0. The maximum Gasteiger partial charge on any atom is 0.127 e. The van der Waals surface area contributed by atoms with Gasteiger partial charge in [0.15, 0.2) is 0 Å². The molecule has 0 aliphatic heterocycles. The lowest BCUT2D eigenvalue weighted by atomic mass is 10.3. The van der Waals surface area contributed by atoms with Crippen molar-refractivity contribution in [2.24, 2.45) is 0 Å². The molecule has 0 atom stereocenters. The van der Waals surface area contributed by atoms with Gasteiger partial charge >= 0.3 is 0 Å². The Labute approximate surface area is 116 Å². The predicted molar refractivity (Wildman–Crippen MR) is 73.7 cm³/mol. The maximum absolute atomic E-state index is 12.7. The van der Waals surface area contributed by atoms with E-state index >= 15 is 0 Å². The normalized spacial score (nSPS) is 10.2. The zero-order chi connectivity index (χ0) is 13.5. The molecule has 0 radical (unpaired) electrons. The highest BCUT2D eigenvalue weighted by molar-refractivity contribution is 6.17. The summed E-state index contributed by atoms with van der Waals surface area (Å²) in [4.78, 5) is 0. The molecule has 2 aromatic carbocycles. The number of ether oxygens (including phenoxy) is 2. The topological polar surface area (TPSA) is 18.5 Å². The Morgan fingerprint density at radius 3 is 1.95 bits per heavy atom. The minimum Gasteiger partial charge on any atom is -0.494 e. The van der Waals surface area contributed by atoms with Crippen LogP contribution >= 0.6 is 11.6 Å². The summed E-state index contributed by atoms with van der Waals surface area (Å²) < 4.78 is 23.8. The monoisotopic (exact) mass is 280 g/mol. The van der Waals surface area contributed by atoms with E-state index in [1.54, 1.807) is 24.3 Å². The zero-order valence-electron chi connectivity index (χ0n) is 10.3. The van der Waals surface area contributed by atoms with Gasteiger partial charge in [-0.05, 0) is 55.0 Å². The molecule has 0 unspecified atom stereocenters. The number of alkyl halides is 1. The van der Waals surface area contributed by atoms with Crippen molar-refractivity contribution in [2.75, 3.05) is 12.5 Å². The van der Waals surface area contributed by atoms with Crippen molar-refractivity contribution in [3.8, 4) is 17.2 Å². The molecule has 0 aliphatic rings. The molecule has 0 N–H and O–H groups in total. The number of hydrogen-bond acceptors (Lipinski definition) is 2. The molecule has 2 rings (SSSR count). The smallest absolute Gasteiger partial charge is 0.127 e. The summed E-state index contributed by atoms with van der Waals surface area (Å²) in [6.07, 6.45) is 0.815. The third kappa shape index (κ3) is 4.45. The summed E-state index contributed by atoms with van der Waals surface area (Å²) in [6, 6.07) is 13.2. The lowest BCUT2D eigenvalue weighted by Crippen LogP contribution is -1.97. The standard InChI is InChI=1S/C15H14ClFO2/c16-10-1-11-18-13-6-8-15(9-7-13)19-14-4-2-12(17)3-5-14/h2-9H,1,10-11H2. The molecule has 4 heteroatoms. The van der Waals surface area contributed by atoms with Crippen molar-refractivity contribution in [3.05, 3.63) is 54.3 Å². The van der Waals surface area contributed by atoms with Crippen molar-refractivity contribution in [3.63, 3.8) is 0 Å². The summed E-state index contributed by atoms with van der Waals surface area (Å²) in [5, 5.41) is 0. The lowest BCUT2D eigenvalue weighted by molar-refractivity contribution is 0.318. The number of rotatable bonds is 6. The molecule has 0 amide bonds. The van der Waals surface area contributed by atoms with Crippen LogP contribution in [0.15, 0.2) is 48.5 Å². The van der Waals surface area contributed by atoms with E-state index in [1.165, 1.54) is 12.1 Å². The van der Waals surface area contributed by atoms with Gasteiger partial charge in [-0.3, -0.25) is 0 Å². The largest absolute Gasteiger partial charge is 0.494 e. The molecule has 0 bridgehead atoms. The van der Waals surface area contributed by atoms with Gasteiger partial charge in [-0.1, -0.05) is 0 Å². The maximum atomic E-state index is 12.7. The van der Waals surface area contributed by atoms with Gasteiger partial charge in [-0.25, -0.2) is 4.39 Å². The fourth-order valence-corrected chi connectivity index (χ4v) is 1.60. The molecule has 0 aliphatic carbocycles. The molecule has 0 aromatic heterocycles. The van der Waals surface area contributed by atoms with Gasteiger partial charge in [0.2, 0.25) is 0 Å². The third-order valence-electron chi connectivity index (χ3n) is 2.42. The molecule has 2 nitrogen and oxygen atoms in total. The van der Waals surface area contributed by atoms with Gasteiger partial charge in [0.05, 0.1) is 6.61 Å². The van der Waals surface area contributed by atoms with E-state index in [0.29, 0.717) is 24.0 Å². The van der Waals surface area contributed by atoms with Gasteiger partial charge in [-0.2, -0.15) is 0 Å². The second kappa shape index (κ2) is 7.00. The zero-order valence-corrected chi connectivity index (χ0v) is 11.1. The Balaban J connectivity index is 1.92. The van der Waals surface area contributed by atoms with E-state index < -0.39 is 0 Å². The first-order chi connectivity index (χ1) is 9.28. The summed E-state index contributed by atoms with van der Waals surface area (Å²) in [7, 11) is 0. The van der Waals surface area contributed by atoms with Crippen molar-refractivity contribution >= 4 is 11.6 Å². The molecule has 0 fully saturated rings. The van der Waals surface area contributed by atoms with Crippen LogP contribution in [-0.4, -0.2) is 12.5 Å². The fraction of sp³-hybridized carbons (Fsp3) is 0.200. The third-order valence-corrected chi connectivity index (χ3v) is 2.69. The SMILES string of the molecule is Fc1ccc(Oc2ccc(OCCCCl)cc2)cc1. The lowest BCUT2D eigenvalue weighted by Gasteiger charge is -2.08. The highest BCUT2D eigenvalue weighted by Crippen LogP contribution is 2.24. The van der Waals surface area contributed by atoms with E-state index in [1.807, 2.05) is 12.1 Å². The molecule has 0 heterocycles. The van der Waals surface area contributed by atoms with Crippen molar-refractivity contribution < 1.29 is 13.9 Å². The first-order valence-corrected chi connectivity index (χ1v) is 6.53. The quantitative estimate of drug-likeness (QED) is 0.567. The molecule has 100 valence electrons. The molecular weight excluding hydrogens is 267 g/mol. The summed E-state index contributed by atoms with van der Waals surface area (Å²) in [6.45, 7) is 0.599. The molecular formula is C15H14ClFO2. The van der Waals surface area contributed by atoms with Crippen LogP contribution < -0.4 is 9.47 Å². The summed E-state index contributed by atoms with van der Waals surface area (Å²) in [5.74, 6) is 2.35. The van der Waals surface area contributed by atoms with Crippen molar-refractivity contribution in [1.29, 1.82) is 0 Å². The Morgan fingerprint density at radius 2 is 1.37 bits per heavy atom. The number of benzene rings is 2. The van der Waals surface area contributed by atoms with E-state index in [9.17, 15) is 4.39 Å². The van der Waals surface area contributed by atoms with Crippen LogP contribution in [0.5, 0.6) is 17.2 Å². The molecule has 0 spiro atoms. The Bertz CT molecular complexity index is 497.